The summed E-state index contributed by atoms with van der Waals surface area (Å²) in [6, 6.07) is 12.7. The van der Waals surface area contributed by atoms with Gasteiger partial charge in [0.1, 0.15) is 11.5 Å². The second-order valence-corrected chi connectivity index (χ2v) is 5.43. The molecule has 26 heavy (non-hydrogen) atoms. The van der Waals surface area contributed by atoms with Gasteiger partial charge in [0.2, 0.25) is 0 Å². The average molecular weight is 354 g/mol. The zero-order valence-corrected chi connectivity index (χ0v) is 14.0. The van der Waals surface area contributed by atoms with Crippen LogP contribution in [0, 0.1) is 11.6 Å². The summed E-state index contributed by atoms with van der Waals surface area (Å²) in [5, 5.41) is 2.81. The Morgan fingerprint density at radius 2 is 1.81 bits per heavy atom. The molecule has 1 heterocycles. The van der Waals surface area contributed by atoms with E-state index in [4.69, 9.17) is 0 Å². The fraction of sp³-hybridized carbons (Fsp3) is 0.105. The van der Waals surface area contributed by atoms with Gasteiger partial charge in [0.05, 0.1) is 12.4 Å². The number of amides is 1. The molecule has 2 aromatic carbocycles. The van der Waals surface area contributed by atoms with Gasteiger partial charge < -0.3 is 10.2 Å². The van der Waals surface area contributed by atoms with Crippen molar-refractivity contribution in [1.29, 1.82) is 0 Å². The molecule has 0 unspecified atom stereocenters. The monoisotopic (exact) mass is 354 g/mol. The van der Waals surface area contributed by atoms with E-state index in [-0.39, 0.29) is 11.6 Å². The third kappa shape index (κ3) is 3.83. The molecule has 5 nitrogen and oxygen atoms in total. The molecule has 0 spiro atoms. The third-order valence-electron chi connectivity index (χ3n) is 3.69. The number of aromatic nitrogens is 2. The molecule has 0 atom stereocenters. The van der Waals surface area contributed by atoms with E-state index >= 15 is 0 Å². The van der Waals surface area contributed by atoms with Crippen molar-refractivity contribution in [3.63, 3.8) is 0 Å². The Morgan fingerprint density at radius 1 is 1.04 bits per heavy atom. The van der Waals surface area contributed by atoms with Crippen LogP contribution in [-0.2, 0) is 0 Å². The summed E-state index contributed by atoms with van der Waals surface area (Å²) in [7, 11) is 0. The highest BCUT2D eigenvalue weighted by Crippen LogP contribution is 2.18. The van der Waals surface area contributed by atoms with Crippen LogP contribution in [0.25, 0.3) is 0 Å². The van der Waals surface area contributed by atoms with E-state index in [1.165, 1.54) is 18.5 Å². The molecule has 7 heteroatoms. The van der Waals surface area contributed by atoms with Gasteiger partial charge in [0, 0.05) is 24.0 Å². The van der Waals surface area contributed by atoms with Crippen molar-refractivity contribution in [1.82, 2.24) is 9.97 Å². The van der Waals surface area contributed by atoms with E-state index in [1.807, 2.05) is 37.3 Å². The van der Waals surface area contributed by atoms with Gasteiger partial charge in [-0.05, 0) is 31.2 Å². The number of nitrogens with zero attached hydrogens (tertiary/aromatic N) is 3. The number of benzene rings is 2. The molecule has 0 bridgehead atoms. The predicted octanol–water partition coefficient (Wildman–Crippen LogP) is 4.17. The topological polar surface area (TPSA) is 58.1 Å². The molecular formula is C19H16F2N4O. The molecule has 0 radical (unpaired) electrons. The summed E-state index contributed by atoms with van der Waals surface area (Å²) in [6.07, 6.45) is 2.71. The van der Waals surface area contributed by atoms with Gasteiger partial charge in [-0.3, -0.25) is 4.79 Å². The van der Waals surface area contributed by atoms with Crippen molar-refractivity contribution in [2.75, 3.05) is 16.8 Å². The molecule has 0 aliphatic carbocycles. The second kappa shape index (κ2) is 7.69. The fourth-order valence-electron chi connectivity index (χ4n) is 2.41. The van der Waals surface area contributed by atoms with Gasteiger partial charge in [0.15, 0.2) is 11.6 Å². The van der Waals surface area contributed by atoms with Gasteiger partial charge in [-0.2, -0.15) is 0 Å². The first-order valence-electron chi connectivity index (χ1n) is 7.99. The summed E-state index contributed by atoms with van der Waals surface area (Å²) in [4.78, 5) is 22.5. The molecule has 0 aliphatic heterocycles. The molecule has 0 fully saturated rings. The first kappa shape index (κ1) is 17.5. The lowest BCUT2D eigenvalue weighted by Gasteiger charge is -2.20. The summed E-state index contributed by atoms with van der Waals surface area (Å²) in [6.45, 7) is 2.36. The van der Waals surface area contributed by atoms with Crippen LogP contribution >= 0.6 is 0 Å². The standard InChI is InChI=1S/C19H16F2N4O/c1-2-25(14-6-4-3-5-7-14)19(26)17-11-23-18(12-22-17)24-13-8-9-15(20)16(21)10-13/h3-12H,2H2,1H3,(H,23,24). The first-order valence-corrected chi connectivity index (χ1v) is 7.99. The van der Waals surface area contributed by atoms with Gasteiger partial charge in [-0.1, -0.05) is 18.2 Å². The third-order valence-corrected chi connectivity index (χ3v) is 3.69. The Labute approximate surface area is 149 Å². The van der Waals surface area contributed by atoms with E-state index in [0.29, 0.717) is 18.1 Å². The van der Waals surface area contributed by atoms with Crippen molar-refractivity contribution >= 4 is 23.1 Å². The van der Waals surface area contributed by atoms with Crippen molar-refractivity contribution < 1.29 is 13.6 Å². The van der Waals surface area contributed by atoms with Crippen LogP contribution in [0.3, 0.4) is 0 Å². The highest BCUT2D eigenvalue weighted by molar-refractivity contribution is 6.04. The van der Waals surface area contributed by atoms with E-state index in [0.717, 1.165) is 17.8 Å². The zero-order chi connectivity index (χ0) is 18.5. The Morgan fingerprint density at radius 3 is 2.42 bits per heavy atom. The minimum atomic E-state index is -0.962. The molecule has 3 rings (SSSR count). The van der Waals surface area contributed by atoms with E-state index < -0.39 is 11.6 Å². The minimum Gasteiger partial charge on any atom is -0.339 e. The number of carbonyl (C=O) groups excluding carboxylic acids is 1. The Hall–Kier alpha value is -3.35. The van der Waals surface area contributed by atoms with E-state index in [9.17, 15) is 13.6 Å². The smallest absolute Gasteiger partial charge is 0.278 e. The highest BCUT2D eigenvalue weighted by atomic mass is 19.2. The fourth-order valence-corrected chi connectivity index (χ4v) is 2.41. The summed E-state index contributed by atoms with van der Waals surface area (Å²) >= 11 is 0. The van der Waals surface area contributed by atoms with Crippen LogP contribution in [0.2, 0.25) is 0 Å². The van der Waals surface area contributed by atoms with E-state index in [1.54, 1.807) is 4.90 Å². The van der Waals surface area contributed by atoms with Crippen LogP contribution in [0.1, 0.15) is 17.4 Å². The maximum atomic E-state index is 13.2. The quantitative estimate of drug-likeness (QED) is 0.747. The van der Waals surface area contributed by atoms with Crippen LogP contribution in [-0.4, -0.2) is 22.4 Å². The number of para-hydroxylation sites is 1. The van der Waals surface area contributed by atoms with Crippen LogP contribution in [0.4, 0.5) is 26.0 Å². The molecule has 1 aromatic heterocycles. The number of hydrogen-bond donors (Lipinski definition) is 1. The van der Waals surface area contributed by atoms with E-state index in [2.05, 4.69) is 15.3 Å². The minimum absolute atomic E-state index is 0.187. The van der Waals surface area contributed by atoms with Crippen LogP contribution in [0.15, 0.2) is 60.9 Å². The van der Waals surface area contributed by atoms with Crippen molar-refractivity contribution in [3.05, 3.63) is 78.3 Å². The molecule has 1 amide bonds. The van der Waals surface area contributed by atoms with Gasteiger partial charge in [0.25, 0.3) is 5.91 Å². The molecular weight excluding hydrogens is 338 g/mol. The average Bonchev–Trinajstić information content (AvgIpc) is 2.67. The zero-order valence-electron chi connectivity index (χ0n) is 14.0. The summed E-state index contributed by atoms with van der Waals surface area (Å²) < 4.78 is 26.2. The second-order valence-electron chi connectivity index (χ2n) is 5.43. The van der Waals surface area contributed by atoms with Crippen LogP contribution in [0.5, 0.6) is 0 Å². The number of rotatable bonds is 5. The molecule has 132 valence electrons. The number of anilines is 3. The highest BCUT2D eigenvalue weighted by Gasteiger charge is 2.17. The normalized spacial score (nSPS) is 10.4. The molecule has 0 saturated carbocycles. The van der Waals surface area contributed by atoms with Gasteiger partial charge in [-0.15, -0.1) is 0 Å². The number of carbonyl (C=O) groups is 1. The number of halogens is 2. The lowest BCUT2D eigenvalue weighted by molar-refractivity contribution is 0.0983. The lowest BCUT2D eigenvalue weighted by atomic mass is 10.2. The van der Waals surface area contributed by atoms with Crippen molar-refractivity contribution in [2.45, 2.75) is 6.92 Å². The van der Waals surface area contributed by atoms with Crippen molar-refractivity contribution in [3.8, 4) is 0 Å². The lowest BCUT2D eigenvalue weighted by Crippen LogP contribution is -2.31. The Kier molecular flexibility index (Phi) is 5.17. The summed E-state index contributed by atoms with van der Waals surface area (Å²) in [5.74, 6) is -1.85. The maximum absolute atomic E-state index is 13.2. The Bertz CT molecular complexity index is 901. The first-order chi connectivity index (χ1) is 12.6. The maximum Gasteiger partial charge on any atom is 0.278 e. The van der Waals surface area contributed by atoms with Crippen LogP contribution < -0.4 is 10.2 Å². The summed E-state index contributed by atoms with van der Waals surface area (Å²) in [5.41, 5.74) is 1.29. The predicted molar refractivity (Wildman–Crippen MR) is 95.5 cm³/mol. The Balaban J connectivity index is 1.76. The SMILES string of the molecule is CCN(C(=O)c1cnc(Nc2ccc(F)c(F)c2)cn1)c1ccccc1. The molecule has 3 aromatic rings. The largest absolute Gasteiger partial charge is 0.339 e. The number of hydrogen-bond acceptors (Lipinski definition) is 4. The van der Waals surface area contributed by atoms with Gasteiger partial charge >= 0.3 is 0 Å². The van der Waals surface area contributed by atoms with Gasteiger partial charge in [-0.25, -0.2) is 18.7 Å². The molecule has 0 aliphatic rings. The molecule has 0 saturated heterocycles. The van der Waals surface area contributed by atoms with Crippen molar-refractivity contribution in [2.24, 2.45) is 0 Å². The molecule has 1 N–H and O–H groups in total. The number of nitrogens with one attached hydrogen (secondary N) is 1.